The first-order chi connectivity index (χ1) is 11.2. The van der Waals surface area contributed by atoms with Crippen LogP contribution in [0.3, 0.4) is 0 Å². The van der Waals surface area contributed by atoms with E-state index in [9.17, 15) is 24.5 Å². The number of nitro groups is 1. The Labute approximate surface area is 137 Å². The molecule has 9 nitrogen and oxygen atoms in total. The number of non-ortho nitro benzene ring substituents is 1. The lowest BCUT2D eigenvalue weighted by Gasteiger charge is -2.26. The van der Waals surface area contributed by atoms with Crippen LogP contribution >= 0.6 is 0 Å². The van der Waals surface area contributed by atoms with Crippen molar-refractivity contribution in [3.05, 3.63) is 33.9 Å². The molecule has 2 rings (SSSR count). The zero-order valence-electron chi connectivity index (χ0n) is 13.3. The summed E-state index contributed by atoms with van der Waals surface area (Å²) in [6.45, 7) is 3.11. The summed E-state index contributed by atoms with van der Waals surface area (Å²) < 4.78 is 0. The third-order valence-electron chi connectivity index (χ3n) is 3.67. The molecule has 0 aromatic heterocycles. The Balaban J connectivity index is 2.53. The minimum Gasteiger partial charge on any atom is -0.481 e. The van der Waals surface area contributed by atoms with Gasteiger partial charge in [0.05, 0.1) is 22.6 Å². The summed E-state index contributed by atoms with van der Waals surface area (Å²) >= 11 is 0. The number of fused-ring (bicyclic) bond motifs is 1. The maximum Gasteiger partial charge on any atom is 0.305 e. The quantitative estimate of drug-likeness (QED) is 0.639. The van der Waals surface area contributed by atoms with Gasteiger partial charge in [0, 0.05) is 24.7 Å². The van der Waals surface area contributed by atoms with E-state index in [4.69, 9.17) is 5.11 Å². The number of hydrogen-bond acceptors (Lipinski definition) is 5. The van der Waals surface area contributed by atoms with Gasteiger partial charge in [0.2, 0.25) is 5.91 Å². The van der Waals surface area contributed by atoms with Crippen LogP contribution in [0.1, 0.15) is 30.6 Å². The Kier molecular flexibility index (Phi) is 4.82. The van der Waals surface area contributed by atoms with Crippen molar-refractivity contribution in [2.45, 2.75) is 26.3 Å². The van der Waals surface area contributed by atoms with E-state index in [1.165, 1.54) is 17.0 Å². The Morgan fingerprint density at radius 3 is 2.58 bits per heavy atom. The van der Waals surface area contributed by atoms with Crippen molar-refractivity contribution in [2.75, 3.05) is 18.0 Å². The predicted octanol–water partition coefficient (Wildman–Crippen LogP) is 1.27. The first-order valence-electron chi connectivity index (χ1n) is 7.34. The van der Waals surface area contributed by atoms with Crippen molar-refractivity contribution in [2.24, 2.45) is 0 Å². The standard InChI is InChI=1S/C15H17N3O6/c1-9(2)17-12-4-3-10(18(23)24)7-11(12)15(22)16(8-13(17)19)6-5-14(20)21/h3-4,7,9H,5-6,8H2,1-2H3,(H,20,21). The predicted molar refractivity (Wildman–Crippen MR) is 83.9 cm³/mol. The number of carbonyl (C=O) groups excluding carboxylic acids is 2. The fraction of sp³-hybridized carbons (Fsp3) is 0.400. The lowest BCUT2D eigenvalue weighted by atomic mass is 10.1. The number of carboxylic acid groups (broad SMARTS) is 1. The third-order valence-corrected chi connectivity index (χ3v) is 3.67. The lowest BCUT2D eigenvalue weighted by Crippen LogP contribution is -2.42. The van der Waals surface area contributed by atoms with Gasteiger partial charge in [-0.1, -0.05) is 0 Å². The van der Waals surface area contributed by atoms with Crippen molar-refractivity contribution < 1.29 is 24.4 Å². The van der Waals surface area contributed by atoms with Gasteiger partial charge in [-0.05, 0) is 19.9 Å². The molecule has 1 heterocycles. The number of benzene rings is 1. The van der Waals surface area contributed by atoms with E-state index in [2.05, 4.69) is 0 Å². The summed E-state index contributed by atoms with van der Waals surface area (Å²) in [5, 5.41) is 19.8. The summed E-state index contributed by atoms with van der Waals surface area (Å²) in [5.41, 5.74) is 0.0518. The Morgan fingerprint density at radius 2 is 2.04 bits per heavy atom. The van der Waals surface area contributed by atoms with Gasteiger partial charge in [-0.15, -0.1) is 0 Å². The topological polar surface area (TPSA) is 121 Å². The molecule has 1 aliphatic heterocycles. The van der Waals surface area contributed by atoms with Crippen LogP contribution in [-0.4, -0.2) is 51.8 Å². The van der Waals surface area contributed by atoms with Crippen LogP contribution < -0.4 is 4.90 Å². The van der Waals surface area contributed by atoms with Gasteiger partial charge >= 0.3 is 5.97 Å². The first-order valence-corrected chi connectivity index (χ1v) is 7.34. The van der Waals surface area contributed by atoms with Crippen molar-refractivity contribution in [1.82, 2.24) is 4.90 Å². The fourth-order valence-corrected chi connectivity index (χ4v) is 2.61. The SMILES string of the molecule is CC(C)N1C(=O)CN(CCC(=O)O)C(=O)c2cc([N+](=O)[O-])ccc21. The van der Waals surface area contributed by atoms with Crippen molar-refractivity contribution in [3.8, 4) is 0 Å². The van der Waals surface area contributed by atoms with Crippen LogP contribution in [0.15, 0.2) is 18.2 Å². The smallest absolute Gasteiger partial charge is 0.305 e. The van der Waals surface area contributed by atoms with Gasteiger partial charge in [0.25, 0.3) is 11.6 Å². The molecular weight excluding hydrogens is 318 g/mol. The summed E-state index contributed by atoms with van der Waals surface area (Å²) in [6.07, 6.45) is -0.315. The first kappa shape index (κ1) is 17.4. The van der Waals surface area contributed by atoms with E-state index in [0.717, 1.165) is 11.0 Å². The van der Waals surface area contributed by atoms with E-state index >= 15 is 0 Å². The summed E-state index contributed by atoms with van der Waals surface area (Å²) in [7, 11) is 0. The summed E-state index contributed by atoms with van der Waals surface area (Å²) in [6, 6.07) is 3.48. The minimum absolute atomic E-state index is 0.0224. The molecule has 2 amide bonds. The molecule has 0 saturated carbocycles. The molecule has 0 aliphatic carbocycles. The molecule has 1 aromatic rings. The highest BCUT2D eigenvalue weighted by Crippen LogP contribution is 2.30. The van der Waals surface area contributed by atoms with Crippen LogP contribution in [0.4, 0.5) is 11.4 Å². The van der Waals surface area contributed by atoms with Crippen LogP contribution in [-0.2, 0) is 9.59 Å². The number of nitro benzene ring substituents is 1. The van der Waals surface area contributed by atoms with E-state index in [0.29, 0.717) is 5.69 Å². The van der Waals surface area contributed by atoms with Gasteiger partial charge in [-0.2, -0.15) is 0 Å². The molecule has 0 unspecified atom stereocenters. The van der Waals surface area contributed by atoms with E-state index in [1.54, 1.807) is 13.8 Å². The van der Waals surface area contributed by atoms with Gasteiger partial charge in [-0.3, -0.25) is 24.5 Å². The highest BCUT2D eigenvalue weighted by Gasteiger charge is 2.34. The second-order valence-corrected chi connectivity index (χ2v) is 5.69. The van der Waals surface area contributed by atoms with Crippen LogP contribution in [0, 0.1) is 10.1 Å². The fourth-order valence-electron chi connectivity index (χ4n) is 2.61. The Bertz CT molecular complexity index is 715. The molecule has 0 bridgehead atoms. The molecule has 0 fully saturated rings. The zero-order chi connectivity index (χ0) is 18.0. The Morgan fingerprint density at radius 1 is 1.38 bits per heavy atom. The zero-order valence-corrected chi connectivity index (χ0v) is 13.3. The largest absolute Gasteiger partial charge is 0.481 e. The summed E-state index contributed by atoms with van der Waals surface area (Å²) in [5.74, 6) is -2.05. The number of carbonyl (C=O) groups is 3. The maximum atomic E-state index is 12.7. The monoisotopic (exact) mass is 335 g/mol. The molecule has 0 saturated heterocycles. The highest BCUT2D eigenvalue weighted by atomic mass is 16.6. The molecule has 1 aliphatic rings. The summed E-state index contributed by atoms with van der Waals surface area (Å²) in [4.78, 5) is 48.8. The van der Waals surface area contributed by atoms with Gasteiger partial charge in [0.1, 0.15) is 6.54 Å². The molecule has 128 valence electrons. The average Bonchev–Trinajstić information content (AvgIpc) is 2.60. The maximum absolute atomic E-state index is 12.7. The van der Waals surface area contributed by atoms with Gasteiger partial charge < -0.3 is 14.9 Å². The number of amides is 2. The molecule has 9 heteroatoms. The number of carboxylic acids is 1. The van der Waals surface area contributed by atoms with Crippen LogP contribution in [0.25, 0.3) is 0 Å². The number of rotatable bonds is 5. The normalized spacial score (nSPS) is 14.6. The van der Waals surface area contributed by atoms with Crippen molar-refractivity contribution >= 4 is 29.2 Å². The van der Waals surface area contributed by atoms with E-state index in [1.807, 2.05) is 0 Å². The van der Waals surface area contributed by atoms with Crippen LogP contribution in [0.5, 0.6) is 0 Å². The molecular formula is C15H17N3O6. The molecule has 1 aromatic carbocycles. The van der Waals surface area contributed by atoms with Crippen molar-refractivity contribution in [3.63, 3.8) is 0 Å². The molecule has 1 N–H and O–H groups in total. The van der Waals surface area contributed by atoms with Crippen molar-refractivity contribution in [1.29, 1.82) is 0 Å². The van der Waals surface area contributed by atoms with Gasteiger partial charge in [-0.25, -0.2) is 0 Å². The second-order valence-electron chi connectivity index (χ2n) is 5.69. The number of aliphatic carboxylic acids is 1. The molecule has 0 radical (unpaired) electrons. The lowest BCUT2D eigenvalue weighted by molar-refractivity contribution is -0.384. The van der Waals surface area contributed by atoms with E-state index < -0.39 is 16.8 Å². The highest BCUT2D eigenvalue weighted by molar-refractivity contribution is 6.10. The average molecular weight is 335 g/mol. The molecule has 0 atom stereocenters. The van der Waals surface area contributed by atoms with E-state index in [-0.39, 0.29) is 42.7 Å². The second kappa shape index (κ2) is 6.65. The number of hydrogen-bond donors (Lipinski definition) is 1. The molecule has 24 heavy (non-hydrogen) atoms. The molecule has 0 spiro atoms. The Hall–Kier alpha value is -2.97. The number of nitrogens with zero attached hydrogens (tertiary/aromatic N) is 3. The number of anilines is 1. The minimum atomic E-state index is -1.10. The third kappa shape index (κ3) is 3.34. The van der Waals surface area contributed by atoms with Crippen LogP contribution in [0.2, 0.25) is 0 Å². The van der Waals surface area contributed by atoms with Gasteiger partial charge in [0.15, 0.2) is 0 Å².